The molecule has 3 rings (SSSR count). The molecule has 0 aliphatic rings. The lowest BCUT2D eigenvalue weighted by molar-refractivity contribution is 0.300. The van der Waals surface area contributed by atoms with Gasteiger partial charge in [-0.15, -0.1) is 11.3 Å². The summed E-state index contributed by atoms with van der Waals surface area (Å²) in [6, 6.07) is 4.06. The summed E-state index contributed by atoms with van der Waals surface area (Å²) in [6.07, 6.45) is 6.62. The van der Waals surface area contributed by atoms with E-state index in [0.717, 1.165) is 24.4 Å². The molecule has 3 aromatic heterocycles. The smallest absolute Gasteiger partial charge is 0.260 e. The van der Waals surface area contributed by atoms with Crippen LogP contribution >= 0.6 is 11.3 Å². The van der Waals surface area contributed by atoms with Crippen molar-refractivity contribution in [3.8, 4) is 5.88 Å². The summed E-state index contributed by atoms with van der Waals surface area (Å²) in [6.45, 7) is 3.53. The molecule has 0 spiro atoms. The zero-order chi connectivity index (χ0) is 13.8. The quantitative estimate of drug-likeness (QED) is 0.757. The molecular weight excluding hydrogens is 272 g/mol. The van der Waals surface area contributed by atoms with Gasteiger partial charge in [0.25, 0.3) is 5.88 Å². The zero-order valence-electron chi connectivity index (χ0n) is 11.2. The van der Waals surface area contributed by atoms with Crippen molar-refractivity contribution in [1.82, 2.24) is 14.4 Å². The minimum Gasteiger partial charge on any atom is -0.469 e. The van der Waals surface area contributed by atoms with Gasteiger partial charge in [-0.1, -0.05) is 13.0 Å². The van der Waals surface area contributed by atoms with E-state index < -0.39 is 0 Å². The van der Waals surface area contributed by atoms with E-state index in [1.165, 1.54) is 4.88 Å². The van der Waals surface area contributed by atoms with Crippen molar-refractivity contribution in [2.45, 2.75) is 20.0 Å². The van der Waals surface area contributed by atoms with Crippen molar-refractivity contribution in [1.29, 1.82) is 0 Å². The number of ether oxygens (including phenoxy) is 1. The van der Waals surface area contributed by atoms with Gasteiger partial charge in [-0.3, -0.25) is 4.40 Å². The minimum absolute atomic E-state index is 0.518. The Hall–Kier alpha value is -2.08. The number of imidazole rings is 1. The molecule has 0 fully saturated rings. The summed E-state index contributed by atoms with van der Waals surface area (Å²) in [4.78, 5) is 9.96. The molecule has 0 aromatic carbocycles. The van der Waals surface area contributed by atoms with E-state index in [-0.39, 0.29) is 0 Å². The van der Waals surface area contributed by atoms with Crippen molar-refractivity contribution >= 4 is 22.8 Å². The lowest BCUT2D eigenvalue weighted by Crippen LogP contribution is -2.06. The van der Waals surface area contributed by atoms with Gasteiger partial charge in [0.1, 0.15) is 12.4 Å². The Bertz CT molecular complexity index is 678. The molecule has 0 amide bonds. The summed E-state index contributed by atoms with van der Waals surface area (Å²) in [5, 5.41) is 5.31. The normalized spacial score (nSPS) is 10.8. The van der Waals surface area contributed by atoms with E-state index in [1.807, 2.05) is 34.3 Å². The van der Waals surface area contributed by atoms with Gasteiger partial charge in [-0.25, -0.2) is 4.98 Å². The Labute approximate surface area is 121 Å². The largest absolute Gasteiger partial charge is 0.469 e. The molecule has 3 aromatic rings. The van der Waals surface area contributed by atoms with Gasteiger partial charge in [0.15, 0.2) is 0 Å². The second kappa shape index (κ2) is 5.92. The fourth-order valence-corrected chi connectivity index (χ4v) is 2.49. The summed E-state index contributed by atoms with van der Waals surface area (Å²) in [7, 11) is 0. The molecule has 0 unspecified atom stereocenters. The summed E-state index contributed by atoms with van der Waals surface area (Å²) >= 11 is 1.67. The highest BCUT2D eigenvalue weighted by molar-refractivity contribution is 7.09. The number of fused-ring (bicyclic) bond motifs is 1. The van der Waals surface area contributed by atoms with Crippen LogP contribution in [0.3, 0.4) is 0 Å². The highest BCUT2D eigenvalue weighted by Crippen LogP contribution is 2.20. The molecule has 0 radical (unpaired) electrons. The van der Waals surface area contributed by atoms with Crippen molar-refractivity contribution in [2.75, 3.05) is 11.9 Å². The van der Waals surface area contributed by atoms with Crippen molar-refractivity contribution in [2.24, 2.45) is 0 Å². The molecule has 5 nitrogen and oxygen atoms in total. The second-order valence-electron chi connectivity index (χ2n) is 4.38. The van der Waals surface area contributed by atoms with E-state index in [4.69, 9.17) is 4.74 Å². The SMILES string of the molecule is CCCNc1cn2ccnc2c(OCc2cccs2)n1. The number of thiophene rings is 1. The Morgan fingerprint density at radius 3 is 3.20 bits per heavy atom. The molecule has 0 saturated carbocycles. The minimum atomic E-state index is 0.518. The highest BCUT2D eigenvalue weighted by atomic mass is 32.1. The van der Waals surface area contributed by atoms with Gasteiger partial charge < -0.3 is 10.1 Å². The molecule has 1 N–H and O–H groups in total. The van der Waals surface area contributed by atoms with Crippen LogP contribution in [0.25, 0.3) is 5.65 Å². The van der Waals surface area contributed by atoms with Crippen LogP contribution in [0.5, 0.6) is 5.88 Å². The molecule has 3 heterocycles. The van der Waals surface area contributed by atoms with Crippen LogP contribution in [0.1, 0.15) is 18.2 Å². The first-order valence-electron chi connectivity index (χ1n) is 6.59. The fourth-order valence-electron chi connectivity index (χ4n) is 1.87. The van der Waals surface area contributed by atoms with Gasteiger partial charge >= 0.3 is 0 Å². The van der Waals surface area contributed by atoms with Crippen LogP contribution in [0.15, 0.2) is 36.1 Å². The second-order valence-corrected chi connectivity index (χ2v) is 5.42. The summed E-state index contributed by atoms with van der Waals surface area (Å²) in [5.74, 6) is 1.36. The molecule has 0 bridgehead atoms. The Morgan fingerprint density at radius 1 is 1.45 bits per heavy atom. The van der Waals surface area contributed by atoms with E-state index in [1.54, 1.807) is 17.5 Å². The van der Waals surface area contributed by atoms with E-state index >= 15 is 0 Å². The number of hydrogen-bond donors (Lipinski definition) is 1. The Balaban J connectivity index is 1.85. The van der Waals surface area contributed by atoms with Gasteiger partial charge in [0.2, 0.25) is 5.65 Å². The first kappa shape index (κ1) is 12.9. The first-order chi connectivity index (χ1) is 9.86. The number of aromatic nitrogens is 3. The van der Waals surface area contributed by atoms with E-state index in [9.17, 15) is 0 Å². The van der Waals surface area contributed by atoms with Crippen LogP contribution in [0, 0.1) is 0 Å². The van der Waals surface area contributed by atoms with Crippen molar-refractivity contribution < 1.29 is 4.74 Å². The van der Waals surface area contributed by atoms with Crippen LogP contribution in [0.4, 0.5) is 5.82 Å². The Kier molecular flexibility index (Phi) is 3.83. The molecule has 20 heavy (non-hydrogen) atoms. The molecular formula is C14H16N4OS. The number of rotatable bonds is 6. The third-order valence-corrected chi connectivity index (χ3v) is 3.68. The Morgan fingerprint density at radius 2 is 2.40 bits per heavy atom. The molecule has 6 heteroatoms. The monoisotopic (exact) mass is 288 g/mol. The lowest BCUT2D eigenvalue weighted by Gasteiger charge is -2.09. The highest BCUT2D eigenvalue weighted by Gasteiger charge is 2.09. The van der Waals surface area contributed by atoms with Crippen LogP contribution in [-0.4, -0.2) is 20.9 Å². The fraction of sp³-hybridized carbons (Fsp3) is 0.286. The van der Waals surface area contributed by atoms with Crippen molar-refractivity contribution in [3.63, 3.8) is 0 Å². The number of nitrogens with one attached hydrogen (secondary N) is 1. The number of hydrogen-bond acceptors (Lipinski definition) is 5. The molecule has 0 saturated heterocycles. The maximum absolute atomic E-state index is 5.82. The zero-order valence-corrected chi connectivity index (χ0v) is 12.1. The lowest BCUT2D eigenvalue weighted by atomic mass is 10.5. The predicted octanol–water partition coefficient (Wildman–Crippen LogP) is 3.19. The average molecular weight is 288 g/mol. The predicted molar refractivity (Wildman–Crippen MR) is 80.4 cm³/mol. The molecule has 0 aliphatic heterocycles. The maximum Gasteiger partial charge on any atom is 0.260 e. The van der Waals surface area contributed by atoms with E-state index in [0.29, 0.717) is 12.5 Å². The third-order valence-electron chi connectivity index (χ3n) is 2.83. The van der Waals surface area contributed by atoms with Crippen LogP contribution < -0.4 is 10.1 Å². The third kappa shape index (κ3) is 2.75. The average Bonchev–Trinajstić information content (AvgIpc) is 3.13. The van der Waals surface area contributed by atoms with E-state index in [2.05, 4.69) is 22.2 Å². The van der Waals surface area contributed by atoms with Gasteiger partial charge in [0.05, 0.1) is 6.20 Å². The number of anilines is 1. The van der Waals surface area contributed by atoms with Gasteiger partial charge in [-0.2, -0.15) is 4.98 Å². The topological polar surface area (TPSA) is 51.5 Å². The van der Waals surface area contributed by atoms with Gasteiger partial charge in [-0.05, 0) is 17.9 Å². The molecule has 104 valence electrons. The summed E-state index contributed by atoms with van der Waals surface area (Å²) < 4.78 is 7.74. The first-order valence-corrected chi connectivity index (χ1v) is 7.47. The standard InChI is InChI=1S/C14H16N4OS/c1-2-5-15-12-9-18-7-6-16-13(18)14(17-12)19-10-11-4-3-8-20-11/h3-4,6-9,15H,2,5,10H2,1H3. The van der Waals surface area contributed by atoms with Crippen LogP contribution in [-0.2, 0) is 6.61 Å². The van der Waals surface area contributed by atoms with Crippen molar-refractivity contribution in [3.05, 3.63) is 41.0 Å². The van der Waals surface area contributed by atoms with Gasteiger partial charge in [0, 0.05) is 23.8 Å². The maximum atomic E-state index is 5.82. The number of nitrogens with zero attached hydrogens (tertiary/aromatic N) is 3. The summed E-state index contributed by atoms with van der Waals surface area (Å²) in [5.41, 5.74) is 0.739. The molecule has 0 atom stereocenters. The van der Waals surface area contributed by atoms with Crippen LogP contribution in [0.2, 0.25) is 0 Å². The molecule has 0 aliphatic carbocycles.